The molecule has 0 saturated carbocycles. The molecule has 1 N–H and O–H groups in total. The van der Waals surface area contributed by atoms with Gasteiger partial charge in [-0.1, -0.05) is 73.5 Å². The molecule has 0 saturated heterocycles. The average molecular weight is 648 g/mol. The molecular weight excluding hydrogens is 610 g/mol. The molecule has 0 aliphatic heterocycles. The number of anilines is 1. The summed E-state index contributed by atoms with van der Waals surface area (Å²) in [6, 6.07) is 28.2. The van der Waals surface area contributed by atoms with Crippen LogP contribution in [0.1, 0.15) is 31.9 Å². The van der Waals surface area contributed by atoms with Crippen molar-refractivity contribution in [2.24, 2.45) is 5.92 Å². The SMILES string of the molecule is Cc1ccc(S(=O)(=O)N(CC(=O)N(Cc2ccc(Cl)cc2)[C@H](C)C(=O)NCC(C)C)c2ccc(Oc3ccccc3)cc2)cc1. The molecule has 0 spiro atoms. The minimum Gasteiger partial charge on any atom is -0.457 e. The van der Waals surface area contributed by atoms with Gasteiger partial charge < -0.3 is 15.0 Å². The molecule has 0 aliphatic carbocycles. The number of hydrogen-bond acceptors (Lipinski definition) is 5. The van der Waals surface area contributed by atoms with Crippen molar-refractivity contribution < 1.29 is 22.7 Å². The van der Waals surface area contributed by atoms with Gasteiger partial charge in [-0.05, 0) is 86.0 Å². The molecule has 0 aliphatic rings. The highest BCUT2D eigenvalue weighted by Gasteiger charge is 2.32. The van der Waals surface area contributed by atoms with Crippen molar-refractivity contribution in [3.63, 3.8) is 0 Å². The number of halogens is 1. The fraction of sp³-hybridized carbons (Fsp3) is 0.257. The van der Waals surface area contributed by atoms with Gasteiger partial charge in [0.1, 0.15) is 24.1 Å². The monoisotopic (exact) mass is 647 g/mol. The van der Waals surface area contributed by atoms with Gasteiger partial charge in [-0.3, -0.25) is 13.9 Å². The van der Waals surface area contributed by atoms with Crippen LogP contribution in [-0.4, -0.2) is 44.3 Å². The molecule has 8 nitrogen and oxygen atoms in total. The van der Waals surface area contributed by atoms with Crippen LogP contribution in [0.5, 0.6) is 11.5 Å². The van der Waals surface area contributed by atoms with E-state index in [1.165, 1.54) is 17.0 Å². The van der Waals surface area contributed by atoms with Gasteiger partial charge in [-0.25, -0.2) is 8.42 Å². The third kappa shape index (κ3) is 9.09. The van der Waals surface area contributed by atoms with Crippen LogP contribution < -0.4 is 14.4 Å². The van der Waals surface area contributed by atoms with E-state index in [9.17, 15) is 18.0 Å². The number of amides is 2. The lowest BCUT2D eigenvalue weighted by Crippen LogP contribution is -2.51. The molecule has 0 bridgehead atoms. The van der Waals surface area contributed by atoms with Crippen LogP contribution in [0, 0.1) is 12.8 Å². The Balaban J connectivity index is 1.69. The molecule has 2 amide bonds. The predicted molar refractivity (Wildman–Crippen MR) is 178 cm³/mol. The topological polar surface area (TPSA) is 96.0 Å². The van der Waals surface area contributed by atoms with Crippen LogP contribution in [-0.2, 0) is 26.2 Å². The van der Waals surface area contributed by atoms with Crippen LogP contribution in [0.3, 0.4) is 0 Å². The second kappa shape index (κ2) is 15.1. The quantitative estimate of drug-likeness (QED) is 0.172. The number of carbonyl (C=O) groups excluding carboxylic acids is 2. The summed E-state index contributed by atoms with van der Waals surface area (Å²) in [7, 11) is -4.19. The normalized spacial score (nSPS) is 12.0. The Hall–Kier alpha value is -4.34. The molecule has 4 aromatic carbocycles. The van der Waals surface area contributed by atoms with E-state index in [0.717, 1.165) is 15.4 Å². The fourth-order valence-corrected chi connectivity index (χ4v) is 6.03. The highest BCUT2D eigenvalue weighted by atomic mass is 35.5. The summed E-state index contributed by atoms with van der Waals surface area (Å²) >= 11 is 6.08. The first-order chi connectivity index (χ1) is 21.4. The van der Waals surface area contributed by atoms with E-state index in [-0.39, 0.29) is 29.0 Å². The van der Waals surface area contributed by atoms with Gasteiger partial charge >= 0.3 is 0 Å². The Morgan fingerprint density at radius 1 is 0.822 bits per heavy atom. The molecule has 4 aromatic rings. The highest BCUT2D eigenvalue weighted by molar-refractivity contribution is 7.92. The van der Waals surface area contributed by atoms with E-state index in [4.69, 9.17) is 16.3 Å². The maximum atomic E-state index is 14.1. The first-order valence-corrected chi connectivity index (χ1v) is 16.5. The number of nitrogens with zero attached hydrogens (tertiary/aromatic N) is 2. The number of benzene rings is 4. The zero-order chi connectivity index (χ0) is 32.6. The van der Waals surface area contributed by atoms with Crippen molar-refractivity contribution in [1.29, 1.82) is 0 Å². The Labute approximate surface area is 270 Å². The van der Waals surface area contributed by atoms with E-state index < -0.39 is 28.5 Å². The van der Waals surface area contributed by atoms with E-state index >= 15 is 0 Å². The zero-order valence-corrected chi connectivity index (χ0v) is 27.4. The van der Waals surface area contributed by atoms with Crippen LogP contribution in [0.15, 0.2) is 108 Å². The van der Waals surface area contributed by atoms with Crippen molar-refractivity contribution in [2.75, 3.05) is 17.4 Å². The Morgan fingerprint density at radius 3 is 2.02 bits per heavy atom. The summed E-state index contributed by atoms with van der Waals surface area (Å²) in [5.74, 6) is 0.472. The molecule has 4 rings (SSSR count). The number of hydrogen-bond donors (Lipinski definition) is 1. The first-order valence-electron chi connectivity index (χ1n) is 14.7. The molecule has 0 fully saturated rings. The summed E-state index contributed by atoms with van der Waals surface area (Å²) in [5, 5.41) is 3.42. The lowest BCUT2D eigenvalue weighted by molar-refractivity contribution is -0.139. The van der Waals surface area contributed by atoms with Crippen LogP contribution in [0.25, 0.3) is 0 Å². The second-order valence-electron chi connectivity index (χ2n) is 11.2. The van der Waals surface area contributed by atoms with E-state index in [1.807, 2.05) is 51.1 Å². The molecule has 0 heterocycles. The van der Waals surface area contributed by atoms with E-state index in [1.54, 1.807) is 67.6 Å². The molecule has 236 valence electrons. The summed E-state index contributed by atoms with van der Waals surface area (Å²) in [6.45, 7) is 7.44. The highest BCUT2D eigenvalue weighted by Crippen LogP contribution is 2.29. The van der Waals surface area contributed by atoms with Gasteiger partial charge in [0, 0.05) is 18.1 Å². The average Bonchev–Trinajstić information content (AvgIpc) is 3.03. The summed E-state index contributed by atoms with van der Waals surface area (Å²) in [4.78, 5) is 28.7. The van der Waals surface area contributed by atoms with Crippen LogP contribution in [0.2, 0.25) is 5.02 Å². The molecule has 0 radical (unpaired) electrons. The van der Waals surface area contributed by atoms with Gasteiger partial charge in [0.15, 0.2) is 0 Å². The first kappa shape index (κ1) is 33.6. The maximum Gasteiger partial charge on any atom is 0.264 e. The standard InChI is InChI=1S/C35H38ClN3O5S/c1-25(2)22-37-35(41)27(4)38(23-28-12-14-29(36)15-13-28)34(40)24-39(45(42,43)33-20-10-26(3)11-21-33)30-16-18-32(19-17-30)44-31-8-6-5-7-9-31/h5-21,25,27H,22-24H2,1-4H3,(H,37,41)/t27-/m1/s1. The van der Waals surface area contributed by atoms with Crippen molar-refractivity contribution in [3.8, 4) is 11.5 Å². The van der Waals surface area contributed by atoms with Gasteiger partial charge in [0.05, 0.1) is 10.6 Å². The van der Waals surface area contributed by atoms with Crippen LogP contribution >= 0.6 is 11.6 Å². The molecule has 0 unspecified atom stereocenters. The number of rotatable bonds is 13. The minimum absolute atomic E-state index is 0.0393. The number of ether oxygens (including phenoxy) is 1. The third-order valence-corrected chi connectivity index (χ3v) is 9.15. The second-order valence-corrected chi connectivity index (χ2v) is 13.5. The lowest BCUT2D eigenvalue weighted by atomic mass is 10.1. The number of carbonyl (C=O) groups is 2. The molecule has 0 aromatic heterocycles. The lowest BCUT2D eigenvalue weighted by Gasteiger charge is -2.32. The summed E-state index contributed by atoms with van der Waals surface area (Å²) < 4.78 is 35.1. The Kier molecular flexibility index (Phi) is 11.3. The summed E-state index contributed by atoms with van der Waals surface area (Å²) in [6.07, 6.45) is 0. The smallest absolute Gasteiger partial charge is 0.264 e. The predicted octanol–water partition coefficient (Wildman–Crippen LogP) is 6.83. The van der Waals surface area contributed by atoms with Gasteiger partial charge in [0.25, 0.3) is 10.0 Å². The van der Waals surface area contributed by atoms with Gasteiger partial charge in [-0.15, -0.1) is 0 Å². The number of para-hydroxylation sites is 1. The minimum atomic E-state index is -4.19. The van der Waals surface area contributed by atoms with Crippen LogP contribution in [0.4, 0.5) is 5.69 Å². The summed E-state index contributed by atoms with van der Waals surface area (Å²) in [5.41, 5.74) is 1.91. The molecule has 45 heavy (non-hydrogen) atoms. The van der Waals surface area contributed by atoms with Gasteiger partial charge in [-0.2, -0.15) is 0 Å². The zero-order valence-electron chi connectivity index (χ0n) is 25.8. The Morgan fingerprint density at radius 2 is 1.42 bits per heavy atom. The number of aryl methyl sites for hydroxylation is 1. The van der Waals surface area contributed by atoms with Gasteiger partial charge in [0.2, 0.25) is 11.8 Å². The third-order valence-electron chi connectivity index (χ3n) is 7.11. The molecule has 1 atom stereocenters. The Bertz CT molecular complexity index is 1680. The van der Waals surface area contributed by atoms with E-state index in [0.29, 0.717) is 23.1 Å². The number of nitrogens with one attached hydrogen (secondary N) is 1. The van der Waals surface area contributed by atoms with Crippen molar-refractivity contribution >= 4 is 39.1 Å². The number of sulfonamides is 1. The molecule has 10 heteroatoms. The largest absolute Gasteiger partial charge is 0.457 e. The maximum absolute atomic E-state index is 14.1. The fourth-order valence-electron chi connectivity index (χ4n) is 4.49. The molecular formula is C35H38ClN3O5S. The van der Waals surface area contributed by atoms with Crippen molar-refractivity contribution in [2.45, 2.75) is 45.2 Å². The van der Waals surface area contributed by atoms with Crippen molar-refractivity contribution in [1.82, 2.24) is 10.2 Å². The van der Waals surface area contributed by atoms with E-state index in [2.05, 4.69) is 5.32 Å². The van der Waals surface area contributed by atoms with Crippen molar-refractivity contribution in [3.05, 3.63) is 119 Å².